The molecule has 106 valence electrons. The van der Waals surface area contributed by atoms with Gasteiger partial charge in [0.05, 0.1) is 0 Å². The van der Waals surface area contributed by atoms with Gasteiger partial charge in [-0.1, -0.05) is 6.92 Å². The summed E-state index contributed by atoms with van der Waals surface area (Å²) in [6.07, 6.45) is 2.31. The van der Waals surface area contributed by atoms with Gasteiger partial charge >= 0.3 is 5.97 Å². The first-order valence-corrected chi connectivity index (χ1v) is 8.50. The van der Waals surface area contributed by atoms with Crippen molar-refractivity contribution >= 4 is 27.3 Å². The Morgan fingerprint density at radius 2 is 2.21 bits per heavy atom. The van der Waals surface area contributed by atoms with E-state index in [4.69, 9.17) is 5.11 Å². The van der Waals surface area contributed by atoms with Gasteiger partial charge in [0.2, 0.25) is 10.0 Å². The molecule has 5 nitrogen and oxygen atoms in total. The molecule has 0 spiro atoms. The number of hydrogen-bond donors (Lipinski definition) is 2. The van der Waals surface area contributed by atoms with Crippen LogP contribution in [0, 0.1) is 18.8 Å². The Morgan fingerprint density at radius 3 is 2.74 bits per heavy atom. The lowest BCUT2D eigenvalue weighted by atomic mass is 10.1. The van der Waals surface area contributed by atoms with E-state index in [1.165, 1.54) is 0 Å². The van der Waals surface area contributed by atoms with E-state index in [9.17, 15) is 13.2 Å². The van der Waals surface area contributed by atoms with Crippen LogP contribution in [0.4, 0.5) is 0 Å². The van der Waals surface area contributed by atoms with Crippen LogP contribution in [-0.4, -0.2) is 26.0 Å². The fourth-order valence-corrected chi connectivity index (χ4v) is 4.83. The highest BCUT2D eigenvalue weighted by atomic mass is 32.2. The molecule has 1 atom stereocenters. The molecule has 0 aliphatic heterocycles. The maximum Gasteiger partial charge on any atom is 0.347 e. The summed E-state index contributed by atoms with van der Waals surface area (Å²) in [4.78, 5) is 10.8. The predicted octanol–water partition coefficient (Wildman–Crippen LogP) is 2.08. The Labute approximate surface area is 116 Å². The molecule has 0 radical (unpaired) electrons. The molecule has 1 aliphatic carbocycles. The summed E-state index contributed by atoms with van der Waals surface area (Å²) < 4.78 is 27.0. The first-order chi connectivity index (χ1) is 8.83. The molecule has 1 heterocycles. The Balaban J connectivity index is 2.18. The highest BCUT2D eigenvalue weighted by Crippen LogP contribution is 2.36. The van der Waals surface area contributed by atoms with Crippen LogP contribution in [0.25, 0.3) is 0 Å². The van der Waals surface area contributed by atoms with Crippen molar-refractivity contribution < 1.29 is 18.3 Å². The topological polar surface area (TPSA) is 83.5 Å². The van der Waals surface area contributed by atoms with E-state index in [-0.39, 0.29) is 9.77 Å². The molecule has 1 unspecified atom stereocenters. The number of carboxylic acids is 1. The molecule has 1 saturated carbocycles. The van der Waals surface area contributed by atoms with Crippen LogP contribution < -0.4 is 4.72 Å². The zero-order valence-electron chi connectivity index (χ0n) is 10.8. The van der Waals surface area contributed by atoms with Gasteiger partial charge in [0.25, 0.3) is 0 Å². The third-order valence-electron chi connectivity index (χ3n) is 3.40. The van der Waals surface area contributed by atoms with Crippen molar-refractivity contribution in [2.75, 3.05) is 6.54 Å². The highest BCUT2D eigenvalue weighted by Gasteiger charge is 2.31. The molecule has 1 fully saturated rings. The van der Waals surface area contributed by atoms with Crippen molar-refractivity contribution in [1.82, 2.24) is 4.72 Å². The molecular formula is C12H17NO4S2. The molecule has 0 bridgehead atoms. The fraction of sp³-hybridized carbons (Fsp3) is 0.583. The van der Waals surface area contributed by atoms with Crippen LogP contribution in [-0.2, 0) is 10.0 Å². The predicted molar refractivity (Wildman–Crippen MR) is 73.1 cm³/mol. The van der Waals surface area contributed by atoms with Gasteiger partial charge in [-0.2, -0.15) is 0 Å². The van der Waals surface area contributed by atoms with E-state index < -0.39 is 16.0 Å². The molecule has 0 saturated heterocycles. The fourth-order valence-electron chi connectivity index (χ4n) is 2.06. The summed E-state index contributed by atoms with van der Waals surface area (Å²) in [7, 11) is -3.74. The molecule has 1 aromatic rings. The van der Waals surface area contributed by atoms with Crippen molar-refractivity contribution in [2.24, 2.45) is 11.8 Å². The summed E-state index contributed by atoms with van der Waals surface area (Å²) in [5.41, 5.74) is 0.481. The van der Waals surface area contributed by atoms with Crippen molar-refractivity contribution in [1.29, 1.82) is 0 Å². The van der Waals surface area contributed by atoms with Crippen molar-refractivity contribution in [2.45, 2.75) is 31.6 Å². The second-order valence-electron chi connectivity index (χ2n) is 5.05. The van der Waals surface area contributed by atoms with Crippen LogP contribution in [0.1, 0.15) is 35.0 Å². The van der Waals surface area contributed by atoms with Crippen LogP contribution in [0.5, 0.6) is 0 Å². The van der Waals surface area contributed by atoms with E-state index in [2.05, 4.69) is 4.72 Å². The first kappa shape index (κ1) is 14.5. The van der Waals surface area contributed by atoms with Crippen molar-refractivity contribution in [3.63, 3.8) is 0 Å². The molecule has 0 amide bonds. The van der Waals surface area contributed by atoms with Gasteiger partial charge in [-0.15, -0.1) is 11.3 Å². The average Bonchev–Trinajstić information content (AvgIpc) is 3.08. The third kappa shape index (κ3) is 3.16. The minimum absolute atomic E-state index is 0.0898. The van der Waals surface area contributed by atoms with Gasteiger partial charge in [0.15, 0.2) is 0 Å². The lowest BCUT2D eigenvalue weighted by molar-refractivity contribution is 0.0698. The monoisotopic (exact) mass is 303 g/mol. The van der Waals surface area contributed by atoms with E-state index >= 15 is 0 Å². The number of hydrogen-bond acceptors (Lipinski definition) is 4. The second kappa shape index (κ2) is 5.22. The number of aromatic carboxylic acids is 1. The second-order valence-corrected chi connectivity index (χ2v) is 7.63. The minimum Gasteiger partial charge on any atom is -0.477 e. The number of aryl methyl sites for hydroxylation is 1. The molecule has 1 aromatic heterocycles. The van der Waals surface area contributed by atoms with Gasteiger partial charge < -0.3 is 5.11 Å². The normalized spacial score (nSPS) is 17.4. The Hall–Kier alpha value is -0.920. The zero-order chi connectivity index (χ0) is 14.2. The lowest BCUT2D eigenvalue weighted by Crippen LogP contribution is -2.30. The summed E-state index contributed by atoms with van der Waals surface area (Å²) in [6, 6.07) is 0. The van der Waals surface area contributed by atoms with Crippen molar-refractivity contribution in [3.8, 4) is 0 Å². The van der Waals surface area contributed by atoms with Gasteiger partial charge in [0.1, 0.15) is 9.77 Å². The largest absolute Gasteiger partial charge is 0.477 e. The molecule has 0 aromatic carbocycles. The highest BCUT2D eigenvalue weighted by molar-refractivity contribution is 7.89. The maximum absolute atomic E-state index is 12.2. The number of sulfonamides is 1. The van der Waals surface area contributed by atoms with Gasteiger partial charge in [-0.25, -0.2) is 17.9 Å². The van der Waals surface area contributed by atoms with Gasteiger partial charge in [0, 0.05) is 6.54 Å². The Morgan fingerprint density at radius 1 is 1.58 bits per heavy atom. The standard InChI is InChI=1S/C12H17NO4S2/c1-7(9-3-4-9)5-13-19(16,17)11-8(2)6-18-10(11)12(14)15/h6-7,9,13H,3-5H2,1-2H3,(H,14,15). The van der Waals surface area contributed by atoms with Gasteiger partial charge in [-0.05, 0) is 42.5 Å². The van der Waals surface area contributed by atoms with E-state index in [0.29, 0.717) is 23.9 Å². The summed E-state index contributed by atoms with van der Waals surface area (Å²) in [6.45, 7) is 3.99. The SMILES string of the molecule is Cc1csc(C(=O)O)c1S(=O)(=O)NCC(C)C1CC1. The average molecular weight is 303 g/mol. The zero-order valence-corrected chi connectivity index (χ0v) is 12.5. The van der Waals surface area contributed by atoms with Gasteiger partial charge in [-0.3, -0.25) is 0 Å². The van der Waals surface area contributed by atoms with Crippen LogP contribution in [0.3, 0.4) is 0 Å². The summed E-state index contributed by atoms with van der Waals surface area (Å²) in [5, 5.41) is 10.6. The lowest BCUT2D eigenvalue weighted by Gasteiger charge is -2.12. The number of nitrogens with one attached hydrogen (secondary N) is 1. The number of thiophene rings is 1. The summed E-state index contributed by atoms with van der Waals surface area (Å²) in [5.74, 6) is -0.305. The quantitative estimate of drug-likeness (QED) is 0.843. The molecule has 19 heavy (non-hydrogen) atoms. The molecule has 7 heteroatoms. The molecule has 2 rings (SSSR count). The van der Waals surface area contributed by atoms with E-state index in [1.54, 1.807) is 12.3 Å². The van der Waals surface area contributed by atoms with Crippen LogP contribution in [0.15, 0.2) is 10.3 Å². The summed E-state index contributed by atoms with van der Waals surface area (Å²) >= 11 is 0.945. The van der Waals surface area contributed by atoms with Crippen LogP contribution in [0.2, 0.25) is 0 Å². The Bertz CT molecular complexity index is 587. The maximum atomic E-state index is 12.2. The van der Waals surface area contributed by atoms with E-state index in [0.717, 1.165) is 24.2 Å². The van der Waals surface area contributed by atoms with E-state index in [1.807, 2.05) is 6.92 Å². The molecular weight excluding hydrogens is 286 g/mol. The van der Waals surface area contributed by atoms with Crippen molar-refractivity contribution in [3.05, 3.63) is 15.8 Å². The smallest absolute Gasteiger partial charge is 0.347 e. The van der Waals surface area contributed by atoms with Crippen LogP contribution >= 0.6 is 11.3 Å². The minimum atomic E-state index is -3.74. The number of carboxylic acid groups (broad SMARTS) is 1. The molecule has 2 N–H and O–H groups in total. The number of carbonyl (C=O) groups is 1. The Kier molecular flexibility index (Phi) is 3.98. The first-order valence-electron chi connectivity index (χ1n) is 6.14. The number of rotatable bonds is 6. The molecule has 1 aliphatic rings. The third-order valence-corrected chi connectivity index (χ3v) is 6.23.